The van der Waals surface area contributed by atoms with Crippen LogP contribution in [0.2, 0.25) is 0 Å². The third kappa shape index (κ3) is 3.47. The van der Waals surface area contributed by atoms with Crippen molar-refractivity contribution >= 4 is 17.7 Å². The van der Waals surface area contributed by atoms with Crippen LogP contribution in [0.25, 0.3) is 0 Å². The zero-order chi connectivity index (χ0) is 16.4. The first kappa shape index (κ1) is 16.1. The first-order valence-corrected chi connectivity index (χ1v) is 7.00. The minimum atomic E-state index is -1.30. The van der Waals surface area contributed by atoms with E-state index >= 15 is 0 Å². The van der Waals surface area contributed by atoms with Crippen molar-refractivity contribution in [1.29, 1.82) is 0 Å². The quantitative estimate of drug-likeness (QED) is 0.509. The summed E-state index contributed by atoms with van der Waals surface area (Å²) in [5, 5.41) is 12.8. The molecule has 1 fully saturated rings. The number of esters is 1. The van der Waals surface area contributed by atoms with Crippen LogP contribution in [0, 0.1) is 0 Å². The van der Waals surface area contributed by atoms with E-state index in [-0.39, 0.29) is 11.5 Å². The Morgan fingerprint density at radius 3 is 2.45 bits per heavy atom. The van der Waals surface area contributed by atoms with Gasteiger partial charge in [-0.05, 0) is 39.3 Å². The van der Waals surface area contributed by atoms with E-state index in [9.17, 15) is 14.7 Å². The molecule has 0 aliphatic heterocycles. The van der Waals surface area contributed by atoms with Crippen LogP contribution >= 0.6 is 0 Å². The molecule has 22 heavy (non-hydrogen) atoms. The second-order valence-electron chi connectivity index (χ2n) is 6.16. The average Bonchev–Trinajstić information content (AvgIpc) is 2.82. The normalized spacial score (nSPS) is 17.5. The monoisotopic (exact) mass is 309 g/mol. The van der Waals surface area contributed by atoms with Gasteiger partial charge in [-0.3, -0.25) is 0 Å². The van der Waals surface area contributed by atoms with Crippen molar-refractivity contribution in [3.05, 3.63) is 24.2 Å². The molecule has 1 aliphatic carbocycles. The fourth-order valence-corrected chi connectivity index (χ4v) is 1.94. The molecular weight excluding hydrogens is 290 g/mol. The fourth-order valence-electron chi connectivity index (χ4n) is 1.94. The van der Waals surface area contributed by atoms with Crippen LogP contribution in [-0.2, 0) is 19.2 Å². The molecule has 120 valence electrons. The predicted octanol–water partition coefficient (Wildman–Crippen LogP) is 2.35. The smallest absolute Gasteiger partial charge is 0.361 e. The summed E-state index contributed by atoms with van der Waals surface area (Å²) in [6, 6.07) is 3.00. The van der Waals surface area contributed by atoms with E-state index in [0.717, 1.165) is 6.42 Å². The number of oxime groups is 1. The molecule has 0 amide bonds. The van der Waals surface area contributed by atoms with Gasteiger partial charge >= 0.3 is 11.9 Å². The lowest BCUT2D eigenvalue weighted by Crippen LogP contribution is -2.50. The Morgan fingerprint density at radius 2 is 2.05 bits per heavy atom. The molecule has 0 atom stereocenters. The van der Waals surface area contributed by atoms with Gasteiger partial charge in [0.2, 0.25) is 11.3 Å². The number of carboxylic acids is 1. The molecule has 1 N–H and O–H groups in total. The highest BCUT2D eigenvalue weighted by molar-refractivity contribution is 6.41. The molecule has 1 aromatic rings. The average molecular weight is 309 g/mol. The maximum Gasteiger partial charge on any atom is 0.361 e. The summed E-state index contributed by atoms with van der Waals surface area (Å²) < 4.78 is 10.3. The number of hydrogen-bond donors (Lipinski definition) is 1. The molecule has 1 saturated carbocycles. The third-order valence-corrected chi connectivity index (χ3v) is 3.20. The Hall–Kier alpha value is -2.31. The molecule has 0 spiro atoms. The first-order valence-electron chi connectivity index (χ1n) is 7.00. The molecule has 1 heterocycles. The second kappa shape index (κ2) is 5.82. The van der Waals surface area contributed by atoms with Crippen LogP contribution in [0.15, 0.2) is 28.0 Å². The Bertz CT molecular complexity index is 578. The number of ether oxygens (including phenoxy) is 1. The van der Waals surface area contributed by atoms with Gasteiger partial charge in [0.1, 0.15) is 5.60 Å². The van der Waals surface area contributed by atoms with Gasteiger partial charge in [0.15, 0.2) is 5.76 Å². The largest absolute Gasteiger partial charge is 0.476 e. The van der Waals surface area contributed by atoms with E-state index in [4.69, 9.17) is 14.0 Å². The van der Waals surface area contributed by atoms with E-state index in [1.165, 1.54) is 12.3 Å². The van der Waals surface area contributed by atoms with Crippen LogP contribution in [-0.4, -0.2) is 34.0 Å². The molecule has 1 aliphatic rings. The Balaban J connectivity index is 2.17. The lowest BCUT2D eigenvalue weighted by Gasteiger charge is -2.38. The van der Waals surface area contributed by atoms with Crippen LogP contribution in [0.5, 0.6) is 0 Å². The summed E-state index contributed by atoms with van der Waals surface area (Å²) in [6.45, 7) is 5.27. The van der Waals surface area contributed by atoms with Crippen molar-refractivity contribution in [1.82, 2.24) is 0 Å². The standard InChI is InChI=1S/C15H19NO6/c1-14(2,3)21-13(19)15(7-5-8-15)22-16-11(12(17)18)10-6-4-9-20-10/h4,6,9H,5,7-8H2,1-3H3,(H,17,18)/b16-11+. The van der Waals surface area contributed by atoms with Crippen molar-refractivity contribution in [2.75, 3.05) is 0 Å². The molecule has 0 bridgehead atoms. The minimum absolute atomic E-state index is 0.0613. The van der Waals surface area contributed by atoms with Crippen molar-refractivity contribution in [2.24, 2.45) is 5.16 Å². The summed E-state index contributed by atoms with van der Waals surface area (Å²) >= 11 is 0. The van der Waals surface area contributed by atoms with Gasteiger partial charge < -0.3 is 19.1 Å². The zero-order valence-electron chi connectivity index (χ0n) is 12.8. The summed E-state index contributed by atoms with van der Waals surface area (Å²) in [5.74, 6) is -1.76. The van der Waals surface area contributed by atoms with Crippen molar-refractivity contribution in [2.45, 2.75) is 51.2 Å². The van der Waals surface area contributed by atoms with Gasteiger partial charge in [0.05, 0.1) is 6.26 Å². The number of carbonyl (C=O) groups is 2. The molecular formula is C15H19NO6. The maximum atomic E-state index is 12.2. The number of hydrogen-bond acceptors (Lipinski definition) is 6. The molecule has 0 unspecified atom stereocenters. The van der Waals surface area contributed by atoms with Crippen molar-refractivity contribution < 1.29 is 28.7 Å². The van der Waals surface area contributed by atoms with Crippen LogP contribution in [0.1, 0.15) is 45.8 Å². The molecule has 0 radical (unpaired) electrons. The topological polar surface area (TPSA) is 98.3 Å². The second-order valence-corrected chi connectivity index (χ2v) is 6.16. The lowest BCUT2D eigenvalue weighted by atomic mass is 9.80. The number of nitrogens with zero attached hydrogens (tertiary/aromatic N) is 1. The van der Waals surface area contributed by atoms with E-state index in [0.29, 0.717) is 12.8 Å². The molecule has 0 aromatic carbocycles. The number of furan rings is 1. The number of rotatable bonds is 5. The number of aliphatic carboxylic acids is 1. The van der Waals surface area contributed by atoms with Gasteiger partial charge in [0.25, 0.3) is 0 Å². The Labute approximate surface area is 127 Å². The molecule has 1 aromatic heterocycles. The van der Waals surface area contributed by atoms with E-state index in [1.54, 1.807) is 26.8 Å². The molecule has 7 nitrogen and oxygen atoms in total. The number of carboxylic acid groups (broad SMARTS) is 1. The van der Waals surface area contributed by atoms with Gasteiger partial charge in [0, 0.05) is 12.8 Å². The zero-order valence-corrected chi connectivity index (χ0v) is 12.8. The van der Waals surface area contributed by atoms with E-state index in [1.807, 2.05) is 0 Å². The van der Waals surface area contributed by atoms with Crippen LogP contribution < -0.4 is 0 Å². The van der Waals surface area contributed by atoms with Gasteiger partial charge in [-0.25, -0.2) is 9.59 Å². The highest BCUT2D eigenvalue weighted by Crippen LogP contribution is 2.38. The third-order valence-electron chi connectivity index (χ3n) is 3.20. The number of carbonyl (C=O) groups excluding carboxylic acids is 1. The Morgan fingerprint density at radius 1 is 1.36 bits per heavy atom. The first-order chi connectivity index (χ1) is 10.2. The summed E-state index contributed by atoms with van der Waals surface area (Å²) in [6.07, 6.45) is 3.01. The maximum absolute atomic E-state index is 12.2. The van der Waals surface area contributed by atoms with Crippen molar-refractivity contribution in [3.63, 3.8) is 0 Å². The van der Waals surface area contributed by atoms with E-state index < -0.39 is 23.1 Å². The predicted molar refractivity (Wildman–Crippen MR) is 76.4 cm³/mol. The SMILES string of the molecule is CC(C)(C)OC(=O)C1(O/N=C(/C(=O)O)c2ccco2)CCC1. The van der Waals surface area contributed by atoms with E-state index in [2.05, 4.69) is 5.16 Å². The minimum Gasteiger partial charge on any atom is -0.476 e. The molecule has 7 heteroatoms. The Kier molecular flexibility index (Phi) is 4.25. The van der Waals surface area contributed by atoms with Gasteiger partial charge in [-0.15, -0.1) is 0 Å². The highest BCUT2D eigenvalue weighted by Gasteiger charge is 2.50. The molecule has 2 rings (SSSR count). The molecule has 0 saturated heterocycles. The van der Waals surface area contributed by atoms with Crippen LogP contribution in [0.3, 0.4) is 0 Å². The lowest BCUT2D eigenvalue weighted by molar-refractivity contribution is -0.196. The van der Waals surface area contributed by atoms with Gasteiger partial charge in [-0.1, -0.05) is 5.16 Å². The fraction of sp³-hybridized carbons (Fsp3) is 0.533. The van der Waals surface area contributed by atoms with Crippen LogP contribution in [0.4, 0.5) is 0 Å². The summed E-state index contributed by atoms with van der Waals surface area (Å²) in [7, 11) is 0. The van der Waals surface area contributed by atoms with Gasteiger partial charge in [-0.2, -0.15) is 0 Å². The summed E-state index contributed by atoms with van der Waals surface area (Å²) in [4.78, 5) is 28.8. The van der Waals surface area contributed by atoms with Crippen molar-refractivity contribution in [3.8, 4) is 0 Å². The summed E-state index contributed by atoms with van der Waals surface area (Å²) in [5.41, 5.74) is -2.25. The highest BCUT2D eigenvalue weighted by atomic mass is 16.7.